The predicted octanol–water partition coefficient (Wildman–Crippen LogP) is 2.91. The largest absolute Gasteiger partial charge is 0.472 e. The van der Waals surface area contributed by atoms with Crippen LogP contribution in [0.4, 0.5) is 5.69 Å². The normalized spacial score (nSPS) is 9.90. The molecular formula is C16H17N3O. The number of nitriles is 1. The number of aromatic nitrogens is 1. The van der Waals surface area contributed by atoms with Gasteiger partial charge in [-0.2, -0.15) is 5.26 Å². The van der Waals surface area contributed by atoms with Crippen LogP contribution < -0.4 is 9.64 Å². The van der Waals surface area contributed by atoms with Crippen molar-refractivity contribution in [2.75, 3.05) is 19.0 Å². The molecule has 0 spiro atoms. The summed E-state index contributed by atoms with van der Waals surface area (Å²) in [6.07, 6.45) is 0. The molecule has 0 fully saturated rings. The number of rotatable bonds is 4. The summed E-state index contributed by atoms with van der Waals surface area (Å²) in [4.78, 5) is 6.33. The van der Waals surface area contributed by atoms with Crippen molar-refractivity contribution < 1.29 is 4.74 Å². The molecule has 102 valence electrons. The molecule has 0 aliphatic carbocycles. The fourth-order valence-electron chi connectivity index (χ4n) is 1.94. The topological polar surface area (TPSA) is 49.1 Å². The fraction of sp³-hybridized carbons (Fsp3) is 0.250. The number of pyridine rings is 1. The summed E-state index contributed by atoms with van der Waals surface area (Å²) in [6.45, 7) is 2.31. The molecule has 0 aliphatic heterocycles. The van der Waals surface area contributed by atoms with Gasteiger partial charge in [-0.15, -0.1) is 0 Å². The van der Waals surface area contributed by atoms with E-state index in [9.17, 15) is 5.26 Å². The zero-order valence-corrected chi connectivity index (χ0v) is 11.9. The van der Waals surface area contributed by atoms with Crippen LogP contribution in [0.25, 0.3) is 0 Å². The Morgan fingerprint density at radius 3 is 2.55 bits per heavy atom. The second kappa shape index (κ2) is 6.07. The lowest BCUT2D eigenvalue weighted by molar-refractivity contribution is 0.292. The zero-order valence-electron chi connectivity index (χ0n) is 11.9. The van der Waals surface area contributed by atoms with Crippen molar-refractivity contribution in [3.8, 4) is 11.9 Å². The van der Waals surface area contributed by atoms with Crippen LogP contribution in [0.15, 0.2) is 36.4 Å². The Balaban J connectivity index is 2.24. The molecule has 0 amide bonds. The summed E-state index contributed by atoms with van der Waals surface area (Å²) < 4.78 is 5.68. The lowest BCUT2D eigenvalue weighted by Crippen LogP contribution is -2.12. The third-order valence-corrected chi connectivity index (χ3v) is 2.97. The Bertz CT molecular complexity index is 630. The number of nitrogens with zero attached hydrogens (tertiary/aromatic N) is 3. The standard InChI is InChI=1S/C16H17N3O/c1-12-15(19(2)3)9-14(10-17)16(18-12)20-11-13-7-5-4-6-8-13/h4-9H,11H2,1-3H3. The van der Waals surface area contributed by atoms with E-state index < -0.39 is 0 Å². The Hall–Kier alpha value is -2.54. The minimum atomic E-state index is 0.388. The van der Waals surface area contributed by atoms with Crippen molar-refractivity contribution in [2.24, 2.45) is 0 Å². The monoisotopic (exact) mass is 267 g/mol. The summed E-state index contributed by atoms with van der Waals surface area (Å²) in [5.41, 5.74) is 3.27. The number of ether oxygens (including phenoxy) is 1. The van der Waals surface area contributed by atoms with Crippen LogP contribution in [-0.4, -0.2) is 19.1 Å². The smallest absolute Gasteiger partial charge is 0.232 e. The van der Waals surface area contributed by atoms with E-state index in [-0.39, 0.29) is 0 Å². The quantitative estimate of drug-likeness (QED) is 0.854. The molecule has 1 heterocycles. The van der Waals surface area contributed by atoms with E-state index in [1.54, 1.807) is 0 Å². The second-order valence-corrected chi connectivity index (χ2v) is 4.73. The van der Waals surface area contributed by atoms with E-state index in [0.717, 1.165) is 16.9 Å². The molecule has 0 bridgehead atoms. The molecule has 2 rings (SSSR count). The zero-order chi connectivity index (χ0) is 14.5. The Kier molecular flexibility index (Phi) is 4.21. The summed E-state index contributed by atoms with van der Waals surface area (Å²) in [5.74, 6) is 0.388. The molecule has 20 heavy (non-hydrogen) atoms. The van der Waals surface area contributed by atoms with E-state index in [1.807, 2.05) is 62.3 Å². The lowest BCUT2D eigenvalue weighted by Gasteiger charge is -2.16. The highest BCUT2D eigenvalue weighted by molar-refractivity contribution is 5.56. The van der Waals surface area contributed by atoms with E-state index in [0.29, 0.717) is 18.1 Å². The van der Waals surface area contributed by atoms with Gasteiger partial charge < -0.3 is 9.64 Å². The van der Waals surface area contributed by atoms with Gasteiger partial charge >= 0.3 is 0 Å². The summed E-state index contributed by atoms with van der Waals surface area (Å²) >= 11 is 0. The minimum absolute atomic E-state index is 0.388. The van der Waals surface area contributed by atoms with Crippen LogP contribution in [0.1, 0.15) is 16.8 Å². The minimum Gasteiger partial charge on any atom is -0.472 e. The molecule has 2 aromatic rings. The maximum absolute atomic E-state index is 9.22. The molecule has 0 saturated carbocycles. The maximum atomic E-state index is 9.22. The van der Waals surface area contributed by atoms with Crippen LogP contribution in [0, 0.1) is 18.3 Å². The van der Waals surface area contributed by atoms with Gasteiger partial charge in [-0.25, -0.2) is 4.98 Å². The van der Waals surface area contributed by atoms with Crippen molar-refractivity contribution in [1.82, 2.24) is 4.98 Å². The van der Waals surface area contributed by atoms with Crippen molar-refractivity contribution >= 4 is 5.69 Å². The molecule has 0 N–H and O–H groups in total. The van der Waals surface area contributed by atoms with Gasteiger partial charge in [0.05, 0.1) is 11.4 Å². The molecule has 1 aromatic heterocycles. The molecule has 0 aliphatic rings. The number of benzene rings is 1. The van der Waals surface area contributed by atoms with Crippen LogP contribution in [0.3, 0.4) is 0 Å². The highest BCUT2D eigenvalue weighted by Crippen LogP contribution is 2.24. The molecule has 4 heteroatoms. The SMILES string of the molecule is Cc1nc(OCc2ccccc2)c(C#N)cc1N(C)C. The average Bonchev–Trinajstić information content (AvgIpc) is 2.46. The van der Waals surface area contributed by atoms with Gasteiger partial charge in [0.2, 0.25) is 5.88 Å². The Labute approximate surface area is 119 Å². The van der Waals surface area contributed by atoms with Gasteiger partial charge in [-0.1, -0.05) is 30.3 Å². The van der Waals surface area contributed by atoms with E-state index in [2.05, 4.69) is 11.1 Å². The van der Waals surface area contributed by atoms with Gasteiger partial charge in [-0.3, -0.25) is 0 Å². The first-order valence-corrected chi connectivity index (χ1v) is 6.37. The van der Waals surface area contributed by atoms with Gasteiger partial charge in [-0.05, 0) is 18.6 Å². The van der Waals surface area contributed by atoms with Crippen LogP contribution in [0.5, 0.6) is 5.88 Å². The van der Waals surface area contributed by atoms with E-state index in [4.69, 9.17) is 4.74 Å². The summed E-state index contributed by atoms with van der Waals surface area (Å²) in [6, 6.07) is 13.8. The molecule has 0 radical (unpaired) electrons. The Morgan fingerprint density at radius 1 is 1.25 bits per heavy atom. The predicted molar refractivity (Wildman–Crippen MR) is 78.8 cm³/mol. The maximum Gasteiger partial charge on any atom is 0.232 e. The molecule has 0 unspecified atom stereocenters. The third kappa shape index (κ3) is 3.07. The Morgan fingerprint density at radius 2 is 1.95 bits per heavy atom. The van der Waals surface area contributed by atoms with Gasteiger partial charge in [0.15, 0.2) is 0 Å². The first-order valence-electron chi connectivity index (χ1n) is 6.37. The van der Waals surface area contributed by atoms with Crippen LogP contribution in [0.2, 0.25) is 0 Å². The van der Waals surface area contributed by atoms with Crippen LogP contribution in [-0.2, 0) is 6.61 Å². The lowest BCUT2D eigenvalue weighted by atomic mass is 10.2. The molecule has 4 nitrogen and oxygen atoms in total. The number of aryl methyl sites for hydroxylation is 1. The second-order valence-electron chi connectivity index (χ2n) is 4.73. The van der Waals surface area contributed by atoms with Gasteiger partial charge in [0, 0.05) is 14.1 Å². The van der Waals surface area contributed by atoms with E-state index in [1.165, 1.54) is 0 Å². The number of hydrogen-bond acceptors (Lipinski definition) is 4. The third-order valence-electron chi connectivity index (χ3n) is 2.97. The summed E-state index contributed by atoms with van der Waals surface area (Å²) in [5, 5.41) is 9.22. The average molecular weight is 267 g/mol. The highest BCUT2D eigenvalue weighted by Gasteiger charge is 2.11. The number of anilines is 1. The van der Waals surface area contributed by atoms with Crippen molar-refractivity contribution in [1.29, 1.82) is 5.26 Å². The first kappa shape index (κ1) is 13.9. The highest BCUT2D eigenvalue weighted by atomic mass is 16.5. The van der Waals surface area contributed by atoms with Crippen molar-refractivity contribution in [3.05, 3.63) is 53.2 Å². The van der Waals surface area contributed by atoms with Crippen molar-refractivity contribution in [2.45, 2.75) is 13.5 Å². The van der Waals surface area contributed by atoms with E-state index >= 15 is 0 Å². The summed E-state index contributed by atoms with van der Waals surface area (Å²) in [7, 11) is 3.85. The molecule has 0 saturated heterocycles. The van der Waals surface area contributed by atoms with Crippen molar-refractivity contribution in [3.63, 3.8) is 0 Å². The van der Waals surface area contributed by atoms with Gasteiger partial charge in [0.25, 0.3) is 0 Å². The fourth-order valence-corrected chi connectivity index (χ4v) is 1.94. The van der Waals surface area contributed by atoms with Gasteiger partial charge in [0.1, 0.15) is 18.2 Å². The molecule has 0 atom stereocenters. The van der Waals surface area contributed by atoms with Crippen LogP contribution >= 0.6 is 0 Å². The molecule has 1 aromatic carbocycles. The number of hydrogen-bond donors (Lipinski definition) is 0. The first-order chi connectivity index (χ1) is 9.61. The molecular weight excluding hydrogens is 250 g/mol.